The molecule has 0 bridgehead atoms. The summed E-state index contributed by atoms with van der Waals surface area (Å²) < 4.78 is 6.16. The number of rotatable bonds is 1. The first-order valence-corrected chi connectivity index (χ1v) is 6.35. The van der Waals surface area contributed by atoms with Crippen molar-refractivity contribution in [2.75, 3.05) is 6.61 Å². The number of hydrogen-bond acceptors (Lipinski definition) is 3. The van der Waals surface area contributed by atoms with Crippen LogP contribution in [0.1, 0.15) is 5.56 Å². The monoisotopic (exact) mass is 310 g/mol. The Hall–Kier alpha value is -1.13. The van der Waals surface area contributed by atoms with E-state index in [1.54, 1.807) is 6.20 Å². The lowest BCUT2D eigenvalue weighted by Crippen LogP contribution is -1.90. The fourth-order valence-corrected chi connectivity index (χ4v) is 2.13. The highest BCUT2D eigenvalue weighted by Gasteiger charge is 2.14. The predicted molar refractivity (Wildman–Crippen MR) is 69.4 cm³/mol. The van der Waals surface area contributed by atoms with Crippen molar-refractivity contribution < 1.29 is 4.74 Å². The average molecular weight is 312 g/mol. The molecule has 0 atom stereocenters. The summed E-state index contributed by atoms with van der Waals surface area (Å²) in [6.45, 7) is 0.751. The normalized spacial score (nSPS) is 13.3. The van der Waals surface area contributed by atoms with E-state index in [0.717, 1.165) is 24.3 Å². The highest BCUT2D eigenvalue weighted by molar-refractivity contribution is 9.10. The van der Waals surface area contributed by atoms with E-state index >= 15 is 0 Å². The van der Waals surface area contributed by atoms with Gasteiger partial charge in [-0.1, -0.05) is 11.6 Å². The van der Waals surface area contributed by atoms with Crippen LogP contribution in [-0.2, 0) is 6.42 Å². The van der Waals surface area contributed by atoms with Crippen LogP contribution in [0.4, 0.5) is 0 Å². The van der Waals surface area contributed by atoms with Gasteiger partial charge in [-0.15, -0.1) is 0 Å². The van der Waals surface area contributed by atoms with Gasteiger partial charge < -0.3 is 4.74 Å². The maximum absolute atomic E-state index is 5.96. The summed E-state index contributed by atoms with van der Waals surface area (Å²) in [6.07, 6.45) is 2.60. The van der Waals surface area contributed by atoms with Crippen molar-refractivity contribution in [2.45, 2.75) is 6.42 Å². The molecule has 2 heterocycles. The number of aromatic nitrogens is 2. The van der Waals surface area contributed by atoms with Crippen LogP contribution in [0.15, 0.2) is 28.9 Å². The number of halogens is 2. The number of benzene rings is 1. The number of ether oxygens (including phenoxy) is 1. The SMILES string of the molecule is Clc1nc(-c2ccc3c(c2)CCO3)ncc1Br. The quantitative estimate of drug-likeness (QED) is 0.756. The van der Waals surface area contributed by atoms with Crippen molar-refractivity contribution in [1.29, 1.82) is 0 Å². The van der Waals surface area contributed by atoms with Gasteiger partial charge in [-0.05, 0) is 39.7 Å². The summed E-state index contributed by atoms with van der Waals surface area (Å²) in [4.78, 5) is 8.49. The molecule has 3 nitrogen and oxygen atoms in total. The molecule has 1 aliphatic rings. The molecule has 0 N–H and O–H groups in total. The molecule has 86 valence electrons. The smallest absolute Gasteiger partial charge is 0.160 e. The Balaban J connectivity index is 2.06. The molecule has 0 unspecified atom stereocenters. The maximum Gasteiger partial charge on any atom is 0.160 e. The van der Waals surface area contributed by atoms with E-state index in [0.29, 0.717) is 15.5 Å². The topological polar surface area (TPSA) is 35.0 Å². The third-order valence-electron chi connectivity index (χ3n) is 2.65. The van der Waals surface area contributed by atoms with Gasteiger partial charge in [0.2, 0.25) is 0 Å². The van der Waals surface area contributed by atoms with Crippen molar-refractivity contribution in [2.24, 2.45) is 0 Å². The van der Waals surface area contributed by atoms with Crippen molar-refractivity contribution in [1.82, 2.24) is 9.97 Å². The van der Waals surface area contributed by atoms with E-state index in [-0.39, 0.29) is 0 Å². The van der Waals surface area contributed by atoms with Gasteiger partial charge in [0.25, 0.3) is 0 Å². The second kappa shape index (κ2) is 4.27. The zero-order valence-corrected chi connectivity index (χ0v) is 11.1. The van der Waals surface area contributed by atoms with E-state index in [9.17, 15) is 0 Å². The molecule has 5 heteroatoms. The second-order valence-electron chi connectivity index (χ2n) is 3.75. The zero-order chi connectivity index (χ0) is 11.8. The molecule has 17 heavy (non-hydrogen) atoms. The minimum Gasteiger partial charge on any atom is -0.493 e. The Morgan fingerprint density at radius 3 is 3.06 bits per heavy atom. The molecule has 2 aromatic rings. The maximum atomic E-state index is 5.96. The molecule has 0 saturated heterocycles. The predicted octanol–water partition coefficient (Wildman–Crippen LogP) is 3.49. The van der Waals surface area contributed by atoms with E-state index < -0.39 is 0 Å². The fraction of sp³-hybridized carbons (Fsp3) is 0.167. The first-order valence-electron chi connectivity index (χ1n) is 5.18. The van der Waals surface area contributed by atoms with Gasteiger partial charge in [0, 0.05) is 18.2 Å². The van der Waals surface area contributed by atoms with Crippen molar-refractivity contribution >= 4 is 27.5 Å². The van der Waals surface area contributed by atoms with Crippen LogP contribution in [0, 0.1) is 0 Å². The van der Waals surface area contributed by atoms with E-state index in [4.69, 9.17) is 16.3 Å². The standard InChI is InChI=1S/C12H8BrClN2O/c13-9-6-15-12(16-11(9)14)8-1-2-10-7(5-8)3-4-17-10/h1-2,5-6H,3-4H2. The van der Waals surface area contributed by atoms with Crippen molar-refractivity contribution in [3.63, 3.8) is 0 Å². The molecule has 0 aliphatic carbocycles. The van der Waals surface area contributed by atoms with Crippen molar-refractivity contribution in [3.8, 4) is 17.1 Å². The Bertz CT molecular complexity index is 589. The molecule has 0 radical (unpaired) electrons. The van der Waals surface area contributed by atoms with E-state index in [2.05, 4.69) is 32.0 Å². The Kier molecular flexibility index (Phi) is 2.76. The number of fused-ring (bicyclic) bond motifs is 1. The van der Waals surface area contributed by atoms with Gasteiger partial charge in [0.05, 0.1) is 11.1 Å². The van der Waals surface area contributed by atoms with Gasteiger partial charge in [0.15, 0.2) is 5.82 Å². The molecule has 1 aromatic carbocycles. The minimum atomic E-state index is 0.423. The summed E-state index contributed by atoms with van der Waals surface area (Å²) in [5, 5.41) is 0.423. The summed E-state index contributed by atoms with van der Waals surface area (Å²) in [5.74, 6) is 1.59. The number of nitrogens with zero attached hydrogens (tertiary/aromatic N) is 2. The molecule has 3 rings (SSSR count). The Morgan fingerprint density at radius 2 is 2.24 bits per heavy atom. The molecular formula is C12H8BrClN2O. The van der Waals surface area contributed by atoms with Crippen LogP contribution in [0.5, 0.6) is 5.75 Å². The summed E-state index contributed by atoms with van der Waals surface area (Å²) in [7, 11) is 0. The summed E-state index contributed by atoms with van der Waals surface area (Å²) in [6, 6.07) is 5.96. The molecule has 0 saturated carbocycles. The molecular weight excluding hydrogens is 304 g/mol. The van der Waals surface area contributed by atoms with Crippen LogP contribution in [-0.4, -0.2) is 16.6 Å². The van der Waals surface area contributed by atoms with Crippen LogP contribution in [0.25, 0.3) is 11.4 Å². The lowest BCUT2D eigenvalue weighted by molar-refractivity contribution is 0.357. The van der Waals surface area contributed by atoms with Gasteiger partial charge >= 0.3 is 0 Å². The lowest BCUT2D eigenvalue weighted by atomic mass is 10.1. The van der Waals surface area contributed by atoms with Gasteiger partial charge in [-0.3, -0.25) is 0 Å². The third-order valence-corrected chi connectivity index (χ3v) is 3.75. The first-order chi connectivity index (χ1) is 8.24. The minimum absolute atomic E-state index is 0.423. The highest BCUT2D eigenvalue weighted by atomic mass is 79.9. The van der Waals surface area contributed by atoms with Crippen LogP contribution >= 0.6 is 27.5 Å². The lowest BCUT2D eigenvalue weighted by Gasteiger charge is -2.04. The van der Waals surface area contributed by atoms with Gasteiger partial charge in [0.1, 0.15) is 10.9 Å². The average Bonchev–Trinajstić information content (AvgIpc) is 2.79. The summed E-state index contributed by atoms with van der Waals surface area (Å²) in [5.41, 5.74) is 2.16. The first kappa shape index (κ1) is 11.0. The fourth-order valence-electron chi connectivity index (χ4n) is 1.81. The Morgan fingerprint density at radius 1 is 1.35 bits per heavy atom. The van der Waals surface area contributed by atoms with E-state index in [1.807, 2.05) is 12.1 Å². The van der Waals surface area contributed by atoms with Crippen LogP contribution < -0.4 is 4.74 Å². The molecule has 0 amide bonds. The molecule has 0 fully saturated rings. The third kappa shape index (κ3) is 2.03. The molecule has 1 aliphatic heterocycles. The number of hydrogen-bond donors (Lipinski definition) is 0. The molecule has 0 spiro atoms. The Labute approximate surface area is 112 Å². The largest absolute Gasteiger partial charge is 0.493 e. The second-order valence-corrected chi connectivity index (χ2v) is 4.97. The highest BCUT2D eigenvalue weighted by Crippen LogP contribution is 2.30. The van der Waals surface area contributed by atoms with Crippen LogP contribution in [0.3, 0.4) is 0 Å². The van der Waals surface area contributed by atoms with Crippen molar-refractivity contribution in [3.05, 3.63) is 39.6 Å². The van der Waals surface area contributed by atoms with Gasteiger partial charge in [-0.25, -0.2) is 9.97 Å². The summed E-state index contributed by atoms with van der Waals surface area (Å²) >= 11 is 9.23. The van der Waals surface area contributed by atoms with Crippen LogP contribution in [0.2, 0.25) is 5.15 Å². The van der Waals surface area contributed by atoms with E-state index in [1.165, 1.54) is 5.56 Å². The van der Waals surface area contributed by atoms with Gasteiger partial charge in [-0.2, -0.15) is 0 Å². The zero-order valence-electron chi connectivity index (χ0n) is 8.78. The molecule has 1 aromatic heterocycles.